The third-order valence-electron chi connectivity index (χ3n) is 9.69. The van der Waals surface area contributed by atoms with E-state index in [0.717, 1.165) is 27.1 Å². The van der Waals surface area contributed by atoms with Gasteiger partial charge in [-0.3, -0.25) is 0 Å². The Morgan fingerprint density at radius 3 is 1.71 bits per heavy atom. The van der Waals surface area contributed by atoms with E-state index in [-0.39, 0.29) is 5.41 Å². The van der Waals surface area contributed by atoms with Crippen LogP contribution in [0, 0.1) is 0 Å². The Labute approximate surface area is 271 Å². The van der Waals surface area contributed by atoms with Gasteiger partial charge in [0.25, 0.3) is 0 Å². The molecular formula is C43H28BrN. The van der Waals surface area contributed by atoms with Gasteiger partial charge in [-0.25, -0.2) is 0 Å². The summed E-state index contributed by atoms with van der Waals surface area (Å²) in [5.41, 5.74) is 14.7. The minimum atomic E-state index is -0.352. The first-order valence-corrected chi connectivity index (χ1v) is 16.1. The lowest BCUT2D eigenvalue weighted by atomic mass is 9.70. The van der Waals surface area contributed by atoms with E-state index in [1.807, 2.05) is 6.08 Å². The highest BCUT2D eigenvalue weighted by Crippen LogP contribution is 2.63. The first-order valence-electron chi connectivity index (χ1n) is 15.3. The largest absolute Gasteiger partial charge is 0.310 e. The minimum absolute atomic E-state index is 0.352. The second-order valence-electron chi connectivity index (χ2n) is 11.9. The Hall–Kier alpha value is -5.18. The highest BCUT2D eigenvalue weighted by atomic mass is 79.9. The van der Waals surface area contributed by atoms with Gasteiger partial charge in [0, 0.05) is 21.2 Å². The normalized spacial score (nSPS) is 13.3. The van der Waals surface area contributed by atoms with Gasteiger partial charge in [-0.05, 0) is 91.9 Å². The van der Waals surface area contributed by atoms with Gasteiger partial charge in [-0.2, -0.15) is 0 Å². The van der Waals surface area contributed by atoms with Crippen LogP contribution in [0.4, 0.5) is 17.1 Å². The summed E-state index contributed by atoms with van der Waals surface area (Å²) in [5, 5.41) is 2.37. The van der Waals surface area contributed by atoms with E-state index in [2.05, 4.69) is 179 Å². The number of hydrogen-bond acceptors (Lipinski definition) is 1. The lowest BCUT2D eigenvalue weighted by Gasteiger charge is -2.31. The third kappa shape index (κ3) is 3.61. The Bertz CT molecular complexity index is 2280. The van der Waals surface area contributed by atoms with Crippen molar-refractivity contribution in [3.8, 4) is 22.3 Å². The second-order valence-corrected chi connectivity index (χ2v) is 12.7. The number of hydrogen-bond donors (Lipinski definition) is 0. The fraction of sp³-hybridized carbons (Fsp3) is 0.0233. The molecule has 212 valence electrons. The Morgan fingerprint density at radius 1 is 0.489 bits per heavy atom. The van der Waals surface area contributed by atoms with Crippen molar-refractivity contribution in [1.29, 1.82) is 0 Å². The van der Waals surface area contributed by atoms with Crippen LogP contribution in [0.1, 0.15) is 27.8 Å². The molecule has 2 aliphatic carbocycles. The van der Waals surface area contributed by atoms with Crippen molar-refractivity contribution in [3.05, 3.63) is 191 Å². The van der Waals surface area contributed by atoms with Crippen LogP contribution in [0.25, 0.3) is 39.1 Å². The van der Waals surface area contributed by atoms with Gasteiger partial charge >= 0.3 is 0 Å². The number of fused-ring (bicyclic) bond motifs is 11. The lowest BCUT2D eigenvalue weighted by Crippen LogP contribution is -2.25. The Kier molecular flexibility index (Phi) is 5.78. The van der Waals surface area contributed by atoms with Gasteiger partial charge < -0.3 is 4.90 Å². The molecule has 0 saturated heterocycles. The molecule has 1 nitrogen and oxygen atoms in total. The monoisotopic (exact) mass is 637 g/mol. The zero-order valence-electron chi connectivity index (χ0n) is 24.5. The summed E-state index contributed by atoms with van der Waals surface area (Å²) in [6, 6.07) is 55.7. The van der Waals surface area contributed by atoms with Gasteiger partial charge in [0.15, 0.2) is 0 Å². The molecule has 0 N–H and O–H groups in total. The first kappa shape index (κ1) is 26.2. The molecule has 0 aromatic heterocycles. The summed E-state index contributed by atoms with van der Waals surface area (Å²) in [6.07, 6.45) is 1.92. The van der Waals surface area contributed by atoms with Crippen LogP contribution in [0.2, 0.25) is 0 Å². The van der Waals surface area contributed by atoms with Gasteiger partial charge in [0.1, 0.15) is 0 Å². The maximum Gasteiger partial charge on any atom is 0.0725 e. The van der Waals surface area contributed by atoms with Crippen molar-refractivity contribution >= 4 is 49.8 Å². The quantitative estimate of drug-likeness (QED) is 0.185. The van der Waals surface area contributed by atoms with Crippen LogP contribution in [-0.4, -0.2) is 0 Å². The molecule has 0 radical (unpaired) electrons. The maximum absolute atomic E-state index is 4.06. The van der Waals surface area contributed by atoms with Gasteiger partial charge in [0.2, 0.25) is 0 Å². The van der Waals surface area contributed by atoms with Gasteiger partial charge in [0.05, 0.1) is 11.1 Å². The smallest absolute Gasteiger partial charge is 0.0725 e. The third-order valence-corrected chi connectivity index (χ3v) is 10.4. The Balaban J connectivity index is 1.34. The average Bonchev–Trinajstić information content (AvgIpc) is 3.57. The molecule has 2 heteroatoms. The minimum Gasteiger partial charge on any atom is -0.310 e. The molecule has 0 fully saturated rings. The van der Waals surface area contributed by atoms with Crippen LogP contribution >= 0.6 is 15.9 Å². The summed E-state index contributed by atoms with van der Waals surface area (Å²) in [5.74, 6) is 0. The van der Waals surface area contributed by atoms with E-state index in [4.69, 9.17) is 0 Å². The summed E-state index contributed by atoms with van der Waals surface area (Å²) in [4.78, 5) is 2.40. The zero-order valence-corrected chi connectivity index (χ0v) is 26.1. The number of rotatable bonds is 4. The first-order chi connectivity index (χ1) is 22.2. The predicted molar refractivity (Wildman–Crippen MR) is 193 cm³/mol. The summed E-state index contributed by atoms with van der Waals surface area (Å²) >= 11 is 3.80. The molecule has 45 heavy (non-hydrogen) atoms. The van der Waals surface area contributed by atoms with Crippen molar-refractivity contribution in [1.82, 2.24) is 0 Å². The standard InChI is InChI=1S/C43H28BrN/c1-2-28-12-11-13-29(26-28)45(42-25-24-41(44)34-17-3-4-18-35(34)42)30-22-23-40-36(27-30)33-16-7-10-21-39(33)43(40)37-19-8-5-14-31(37)32-15-6-9-20-38(32)43/h2-27H,1H2. The summed E-state index contributed by atoms with van der Waals surface area (Å²) < 4.78 is 1.09. The zero-order chi connectivity index (χ0) is 30.1. The molecule has 0 saturated carbocycles. The van der Waals surface area contributed by atoms with Crippen LogP contribution in [-0.2, 0) is 5.41 Å². The molecule has 0 amide bonds. The SMILES string of the molecule is C=Cc1cccc(N(c2ccc3c(c2)-c2ccccc2C32c3ccccc3-c3ccccc32)c2ccc(Br)c3ccccc23)c1. The summed E-state index contributed by atoms with van der Waals surface area (Å²) in [6.45, 7) is 4.06. The highest BCUT2D eigenvalue weighted by molar-refractivity contribution is 9.10. The van der Waals surface area contributed by atoms with Crippen molar-refractivity contribution in [2.75, 3.05) is 4.90 Å². The molecule has 1 spiro atoms. The van der Waals surface area contributed by atoms with E-state index >= 15 is 0 Å². The van der Waals surface area contributed by atoms with Crippen molar-refractivity contribution in [3.63, 3.8) is 0 Å². The lowest BCUT2D eigenvalue weighted by molar-refractivity contribution is 0.794. The highest BCUT2D eigenvalue weighted by Gasteiger charge is 2.51. The number of halogens is 1. The van der Waals surface area contributed by atoms with Crippen molar-refractivity contribution < 1.29 is 0 Å². The van der Waals surface area contributed by atoms with Gasteiger partial charge in [-0.1, -0.05) is 144 Å². The fourth-order valence-corrected chi connectivity index (χ4v) is 8.36. The fourth-order valence-electron chi connectivity index (χ4n) is 7.89. The predicted octanol–water partition coefficient (Wildman–Crippen LogP) is 12.1. The molecule has 2 aliphatic rings. The number of anilines is 3. The average molecular weight is 639 g/mol. The number of benzene rings is 7. The van der Waals surface area contributed by atoms with E-state index < -0.39 is 0 Å². The topological polar surface area (TPSA) is 3.24 Å². The Morgan fingerprint density at radius 2 is 1.04 bits per heavy atom. The molecule has 0 bridgehead atoms. The van der Waals surface area contributed by atoms with E-state index in [0.29, 0.717) is 0 Å². The molecule has 0 unspecified atom stereocenters. The van der Waals surface area contributed by atoms with Crippen LogP contribution in [0.15, 0.2) is 163 Å². The van der Waals surface area contributed by atoms with Crippen molar-refractivity contribution in [2.45, 2.75) is 5.41 Å². The van der Waals surface area contributed by atoms with Crippen LogP contribution in [0.3, 0.4) is 0 Å². The molecule has 7 aromatic rings. The molecule has 9 rings (SSSR count). The van der Waals surface area contributed by atoms with E-state index in [1.165, 1.54) is 55.3 Å². The molecule has 7 aromatic carbocycles. The van der Waals surface area contributed by atoms with E-state index in [1.54, 1.807) is 0 Å². The van der Waals surface area contributed by atoms with Crippen molar-refractivity contribution in [2.24, 2.45) is 0 Å². The van der Waals surface area contributed by atoms with Crippen LogP contribution < -0.4 is 4.90 Å². The van der Waals surface area contributed by atoms with Crippen LogP contribution in [0.5, 0.6) is 0 Å². The second kappa shape index (κ2) is 9.92. The molecular weight excluding hydrogens is 610 g/mol. The molecule has 0 heterocycles. The molecule has 0 aliphatic heterocycles. The van der Waals surface area contributed by atoms with E-state index in [9.17, 15) is 0 Å². The van der Waals surface area contributed by atoms with Gasteiger partial charge in [-0.15, -0.1) is 0 Å². The summed E-state index contributed by atoms with van der Waals surface area (Å²) in [7, 11) is 0. The number of nitrogens with zero attached hydrogens (tertiary/aromatic N) is 1. The molecule has 0 atom stereocenters. The maximum atomic E-state index is 4.06.